The lowest BCUT2D eigenvalue weighted by Crippen LogP contribution is -2.35. The zero-order valence-electron chi connectivity index (χ0n) is 9.21. The molecule has 1 aliphatic carbocycles. The topological polar surface area (TPSA) is 30.8 Å². The van der Waals surface area contributed by atoms with E-state index in [1.807, 2.05) is 0 Å². The first kappa shape index (κ1) is 10.8. The Morgan fingerprint density at radius 2 is 1.87 bits per heavy atom. The van der Waals surface area contributed by atoms with E-state index < -0.39 is 0 Å². The molecule has 1 heterocycles. The first-order valence-corrected chi connectivity index (χ1v) is 5.66. The van der Waals surface area contributed by atoms with Crippen molar-refractivity contribution < 1.29 is 9.47 Å². The second kappa shape index (κ2) is 4.45. The van der Waals surface area contributed by atoms with E-state index in [2.05, 4.69) is 18.3 Å². The van der Waals surface area contributed by atoms with E-state index in [1.54, 1.807) is 0 Å². The van der Waals surface area contributed by atoms with Crippen molar-refractivity contribution in [2.45, 2.75) is 37.9 Å². The summed E-state index contributed by atoms with van der Waals surface area (Å²) in [6, 6.07) is 0. The molecule has 0 aromatic rings. The van der Waals surface area contributed by atoms with Crippen LogP contribution in [-0.4, -0.2) is 25.7 Å². The maximum absolute atomic E-state index is 5.68. The maximum Gasteiger partial charge on any atom is 0.168 e. The van der Waals surface area contributed by atoms with Gasteiger partial charge in [-0.3, -0.25) is 4.99 Å². The number of aliphatic imine (C=N–C) groups is 1. The summed E-state index contributed by atoms with van der Waals surface area (Å²) in [5.74, 6) is 0.445. The Labute approximate surface area is 91.2 Å². The van der Waals surface area contributed by atoms with Gasteiger partial charge in [0.25, 0.3) is 0 Å². The smallest absolute Gasteiger partial charge is 0.168 e. The van der Waals surface area contributed by atoms with Gasteiger partial charge in [0.05, 0.1) is 13.2 Å². The largest absolute Gasteiger partial charge is 0.348 e. The van der Waals surface area contributed by atoms with Gasteiger partial charge in [-0.2, -0.15) is 0 Å². The van der Waals surface area contributed by atoms with E-state index in [0.29, 0.717) is 5.92 Å². The molecule has 0 N–H and O–H groups in total. The molecule has 1 aliphatic heterocycles. The molecule has 84 valence electrons. The third-order valence-electron chi connectivity index (χ3n) is 3.43. The quantitative estimate of drug-likeness (QED) is 0.669. The molecule has 0 radical (unpaired) electrons. The summed E-state index contributed by atoms with van der Waals surface area (Å²) in [5, 5.41) is 0. The Hall–Kier alpha value is -0.670. The molecule has 0 unspecified atom stereocenters. The first-order valence-electron chi connectivity index (χ1n) is 5.66. The number of rotatable bonds is 3. The first-order chi connectivity index (χ1) is 7.24. The van der Waals surface area contributed by atoms with Crippen LogP contribution in [0, 0.1) is 5.92 Å². The second-order valence-corrected chi connectivity index (χ2v) is 4.48. The maximum atomic E-state index is 5.68. The molecule has 1 saturated heterocycles. The van der Waals surface area contributed by atoms with Gasteiger partial charge in [0, 0.05) is 18.5 Å². The van der Waals surface area contributed by atoms with Crippen LogP contribution in [0.1, 0.15) is 32.1 Å². The van der Waals surface area contributed by atoms with Gasteiger partial charge < -0.3 is 9.47 Å². The van der Waals surface area contributed by atoms with Crippen molar-refractivity contribution in [3.63, 3.8) is 0 Å². The van der Waals surface area contributed by atoms with Crippen LogP contribution in [0.15, 0.2) is 17.3 Å². The molecule has 2 fully saturated rings. The molecule has 3 heteroatoms. The second-order valence-electron chi connectivity index (χ2n) is 4.48. The van der Waals surface area contributed by atoms with Crippen LogP contribution in [0.25, 0.3) is 0 Å². The monoisotopic (exact) mass is 209 g/mol. The molecule has 3 nitrogen and oxygen atoms in total. The van der Waals surface area contributed by atoms with Gasteiger partial charge in [0.1, 0.15) is 0 Å². The van der Waals surface area contributed by atoms with Crippen molar-refractivity contribution in [2.75, 3.05) is 13.2 Å². The van der Waals surface area contributed by atoms with E-state index in [0.717, 1.165) is 51.0 Å². The van der Waals surface area contributed by atoms with Gasteiger partial charge in [-0.05, 0) is 31.9 Å². The predicted octanol–water partition coefficient (Wildman–Crippen LogP) is 2.52. The Bertz CT molecular complexity index is 246. The zero-order chi connectivity index (χ0) is 10.7. The van der Waals surface area contributed by atoms with Crippen LogP contribution in [0.2, 0.25) is 0 Å². The normalized spacial score (nSPS) is 25.6. The lowest BCUT2D eigenvalue weighted by molar-refractivity contribution is -0.182. The lowest BCUT2D eigenvalue weighted by Gasteiger charge is -2.35. The summed E-state index contributed by atoms with van der Waals surface area (Å²) < 4.78 is 11.4. The van der Waals surface area contributed by atoms with Crippen molar-refractivity contribution in [1.29, 1.82) is 0 Å². The standard InChI is InChI=1S/C12H19NO2/c1-10(13-2)9-11-3-5-12(6-4-11)14-7-8-15-12/h11H,1-9H2. The van der Waals surface area contributed by atoms with E-state index in [9.17, 15) is 0 Å². The molecule has 0 aromatic carbocycles. The fraction of sp³-hybridized carbons (Fsp3) is 0.750. The minimum absolute atomic E-state index is 0.237. The molecule has 0 atom stereocenters. The van der Waals surface area contributed by atoms with Crippen LogP contribution in [-0.2, 0) is 9.47 Å². The summed E-state index contributed by atoms with van der Waals surface area (Å²) in [7, 11) is 0. The van der Waals surface area contributed by atoms with Crippen LogP contribution < -0.4 is 0 Å². The molecule has 0 bridgehead atoms. The summed E-state index contributed by atoms with van der Waals surface area (Å²) in [6.07, 6.45) is 5.30. The Kier molecular flexibility index (Phi) is 3.22. The van der Waals surface area contributed by atoms with Crippen molar-refractivity contribution in [1.82, 2.24) is 0 Å². The highest BCUT2D eigenvalue weighted by molar-refractivity contribution is 5.28. The number of ether oxygens (including phenoxy) is 2. The van der Waals surface area contributed by atoms with Gasteiger partial charge in [0.15, 0.2) is 5.79 Å². The summed E-state index contributed by atoms with van der Waals surface area (Å²) >= 11 is 0. The Morgan fingerprint density at radius 1 is 1.27 bits per heavy atom. The highest BCUT2D eigenvalue weighted by Crippen LogP contribution is 2.40. The van der Waals surface area contributed by atoms with Crippen LogP contribution in [0.5, 0.6) is 0 Å². The van der Waals surface area contributed by atoms with Crippen LogP contribution >= 0.6 is 0 Å². The van der Waals surface area contributed by atoms with Gasteiger partial charge in [0.2, 0.25) is 0 Å². The molecule has 0 aromatic heterocycles. The van der Waals surface area contributed by atoms with Gasteiger partial charge in [-0.1, -0.05) is 6.58 Å². The Morgan fingerprint density at radius 3 is 2.40 bits per heavy atom. The molecule has 2 aliphatic rings. The summed E-state index contributed by atoms with van der Waals surface area (Å²) in [5.41, 5.74) is 0.907. The van der Waals surface area contributed by atoms with Gasteiger partial charge in [-0.25, -0.2) is 0 Å². The minimum atomic E-state index is -0.237. The average Bonchev–Trinajstić information content (AvgIpc) is 2.70. The Balaban J connectivity index is 1.81. The third-order valence-corrected chi connectivity index (χ3v) is 3.43. The van der Waals surface area contributed by atoms with Gasteiger partial charge >= 0.3 is 0 Å². The number of allylic oxidation sites excluding steroid dienone is 1. The molecular weight excluding hydrogens is 190 g/mol. The highest BCUT2D eigenvalue weighted by atomic mass is 16.7. The van der Waals surface area contributed by atoms with Crippen molar-refractivity contribution in [2.24, 2.45) is 10.9 Å². The average molecular weight is 209 g/mol. The fourth-order valence-corrected chi connectivity index (χ4v) is 2.50. The van der Waals surface area contributed by atoms with Crippen molar-refractivity contribution in [3.05, 3.63) is 12.3 Å². The molecule has 2 rings (SSSR count). The van der Waals surface area contributed by atoms with E-state index in [4.69, 9.17) is 9.47 Å². The SMILES string of the molecule is C=NC(=C)CC1CCC2(CC1)OCCO2. The van der Waals surface area contributed by atoms with Crippen LogP contribution in [0.3, 0.4) is 0 Å². The van der Waals surface area contributed by atoms with E-state index in [1.165, 1.54) is 0 Å². The molecule has 15 heavy (non-hydrogen) atoms. The fourth-order valence-electron chi connectivity index (χ4n) is 2.50. The number of hydrogen-bond donors (Lipinski definition) is 0. The molecule has 0 amide bonds. The van der Waals surface area contributed by atoms with Crippen molar-refractivity contribution in [3.8, 4) is 0 Å². The molecule has 1 saturated carbocycles. The van der Waals surface area contributed by atoms with E-state index >= 15 is 0 Å². The van der Waals surface area contributed by atoms with E-state index in [-0.39, 0.29) is 5.79 Å². The molecule has 1 spiro atoms. The predicted molar refractivity (Wildman–Crippen MR) is 59.9 cm³/mol. The lowest BCUT2D eigenvalue weighted by atomic mass is 9.83. The number of hydrogen-bond acceptors (Lipinski definition) is 3. The third kappa shape index (κ3) is 2.47. The van der Waals surface area contributed by atoms with Crippen molar-refractivity contribution >= 4 is 6.72 Å². The van der Waals surface area contributed by atoms with Crippen LogP contribution in [0.4, 0.5) is 0 Å². The highest BCUT2D eigenvalue weighted by Gasteiger charge is 2.40. The zero-order valence-corrected chi connectivity index (χ0v) is 9.21. The summed E-state index contributed by atoms with van der Waals surface area (Å²) in [4.78, 5) is 3.86. The summed E-state index contributed by atoms with van der Waals surface area (Å²) in [6.45, 7) is 8.87. The molecular formula is C12H19NO2. The van der Waals surface area contributed by atoms with Gasteiger partial charge in [-0.15, -0.1) is 0 Å². The number of nitrogens with zero attached hydrogens (tertiary/aromatic N) is 1. The minimum Gasteiger partial charge on any atom is -0.348 e.